The highest BCUT2D eigenvalue weighted by Crippen LogP contribution is 2.01. The molecule has 0 aromatic heterocycles. The van der Waals surface area contributed by atoms with Crippen LogP contribution in [-0.2, 0) is 9.59 Å². The van der Waals surface area contributed by atoms with Crippen molar-refractivity contribution in [1.29, 1.82) is 0 Å². The first-order valence-corrected chi connectivity index (χ1v) is 5.12. The minimum atomic E-state index is -0.913. The van der Waals surface area contributed by atoms with Crippen LogP contribution in [-0.4, -0.2) is 34.2 Å². The van der Waals surface area contributed by atoms with Gasteiger partial charge in [0.25, 0.3) is 0 Å². The summed E-state index contributed by atoms with van der Waals surface area (Å²) in [7, 11) is 0. The number of nitrogens with two attached hydrogens (primary N) is 2. The van der Waals surface area contributed by atoms with Crippen LogP contribution in [0.4, 0.5) is 0 Å². The Morgan fingerprint density at radius 3 is 1.62 bits per heavy atom. The molecule has 0 fully saturated rings. The number of rotatable bonds is 5. The molecule has 0 aromatic carbocycles. The summed E-state index contributed by atoms with van der Waals surface area (Å²) < 4.78 is 0. The van der Waals surface area contributed by atoms with Crippen LogP contribution in [0.1, 0.15) is 33.6 Å². The number of carboxylic acids is 2. The average molecular weight is 234 g/mol. The summed E-state index contributed by atoms with van der Waals surface area (Å²) >= 11 is 0. The predicted octanol–water partition coefficient (Wildman–Crippen LogP) is 0.253. The highest BCUT2D eigenvalue weighted by atomic mass is 16.4. The van der Waals surface area contributed by atoms with Gasteiger partial charge in [0.15, 0.2) is 0 Å². The van der Waals surface area contributed by atoms with E-state index in [-0.39, 0.29) is 12.5 Å². The standard InChI is InChI=1S/C6H13NO2.C4H9NO2/c1-4(2)3-5(7)6(8)9;1-3(5)2-4(6)7/h4-5H,3,7H2,1-2H3,(H,8,9);3H,2,5H2,1H3,(H,6,7)/t5-;/m0./s1. The number of hydrogen-bond acceptors (Lipinski definition) is 4. The molecular formula is C10H22N2O4. The van der Waals surface area contributed by atoms with E-state index in [1.807, 2.05) is 13.8 Å². The molecule has 0 aromatic rings. The summed E-state index contributed by atoms with van der Waals surface area (Å²) in [4.78, 5) is 19.8. The van der Waals surface area contributed by atoms with Gasteiger partial charge in [-0.15, -0.1) is 0 Å². The van der Waals surface area contributed by atoms with Crippen LogP contribution in [0.15, 0.2) is 0 Å². The number of aliphatic carboxylic acids is 2. The van der Waals surface area contributed by atoms with Gasteiger partial charge in [0.1, 0.15) is 6.04 Å². The Hall–Kier alpha value is -1.14. The molecule has 0 radical (unpaired) electrons. The summed E-state index contributed by atoms with van der Waals surface area (Å²) in [6, 6.07) is -0.914. The second-order valence-electron chi connectivity index (χ2n) is 4.15. The first-order valence-electron chi connectivity index (χ1n) is 5.12. The molecule has 0 saturated carbocycles. The third kappa shape index (κ3) is 15.3. The van der Waals surface area contributed by atoms with Gasteiger partial charge in [-0.05, 0) is 19.3 Å². The number of carboxylic acid groups (broad SMARTS) is 2. The molecule has 0 bridgehead atoms. The van der Waals surface area contributed by atoms with Gasteiger partial charge in [-0.2, -0.15) is 0 Å². The fraction of sp³-hybridized carbons (Fsp3) is 0.800. The Balaban J connectivity index is 0. The van der Waals surface area contributed by atoms with Crippen LogP contribution in [0.25, 0.3) is 0 Å². The van der Waals surface area contributed by atoms with Crippen molar-refractivity contribution in [3.8, 4) is 0 Å². The van der Waals surface area contributed by atoms with Crippen LogP contribution in [0.3, 0.4) is 0 Å². The maximum absolute atomic E-state index is 10.1. The molecule has 96 valence electrons. The Morgan fingerprint density at radius 1 is 1.12 bits per heavy atom. The van der Waals surface area contributed by atoms with Gasteiger partial charge >= 0.3 is 11.9 Å². The quantitative estimate of drug-likeness (QED) is 0.540. The zero-order valence-corrected chi connectivity index (χ0v) is 10.0. The molecule has 0 spiro atoms. The molecule has 6 nitrogen and oxygen atoms in total. The fourth-order valence-electron chi connectivity index (χ4n) is 0.884. The number of hydrogen-bond donors (Lipinski definition) is 4. The molecule has 0 saturated heterocycles. The Labute approximate surface area is 95.6 Å². The van der Waals surface area contributed by atoms with Crippen LogP contribution in [0.2, 0.25) is 0 Å². The molecule has 0 rings (SSSR count). The number of carbonyl (C=O) groups is 2. The minimum absolute atomic E-state index is 0.0556. The first kappa shape index (κ1) is 17.3. The van der Waals surface area contributed by atoms with Gasteiger partial charge in [-0.25, -0.2) is 0 Å². The van der Waals surface area contributed by atoms with Gasteiger partial charge in [0.05, 0.1) is 6.42 Å². The second kappa shape index (κ2) is 9.11. The molecule has 2 atom stereocenters. The van der Waals surface area contributed by atoms with E-state index in [4.69, 9.17) is 21.7 Å². The maximum atomic E-state index is 10.1. The second-order valence-corrected chi connectivity index (χ2v) is 4.15. The molecular weight excluding hydrogens is 212 g/mol. The highest BCUT2D eigenvalue weighted by Gasteiger charge is 2.11. The van der Waals surface area contributed by atoms with Crippen molar-refractivity contribution in [3.63, 3.8) is 0 Å². The van der Waals surface area contributed by atoms with E-state index in [0.717, 1.165) is 0 Å². The van der Waals surface area contributed by atoms with Crippen molar-refractivity contribution in [2.45, 2.75) is 45.7 Å². The van der Waals surface area contributed by atoms with Gasteiger partial charge in [-0.1, -0.05) is 13.8 Å². The average Bonchev–Trinajstić information content (AvgIpc) is 2.00. The largest absolute Gasteiger partial charge is 0.481 e. The lowest BCUT2D eigenvalue weighted by Crippen LogP contribution is -2.31. The van der Waals surface area contributed by atoms with E-state index in [1.54, 1.807) is 6.92 Å². The van der Waals surface area contributed by atoms with Gasteiger partial charge in [0, 0.05) is 6.04 Å². The van der Waals surface area contributed by atoms with Crippen molar-refractivity contribution in [2.24, 2.45) is 17.4 Å². The van der Waals surface area contributed by atoms with E-state index < -0.39 is 18.0 Å². The van der Waals surface area contributed by atoms with E-state index in [2.05, 4.69) is 0 Å². The molecule has 0 heterocycles. The molecule has 6 N–H and O–H groups in total. The van der Waals surface area contributed by atoms with Crippen LogP contribution in [0.5, 0.6) is 0 Å². The molecule has 6 heteroatoms. The maximum Gasteiger partial charge on any atom is 0.320 e. The third-order valence-electron chi connectivity index (χ3n) is 1.54. The lowest BCUT2D eigenvalue weighted by atomic mass is 10.1. The van der Waals surface area contributed by atoms with Crippen LogP contribution in [0, 0.1) is 5.92 Å². The summed E-state index contributed by atoms with van der Waals surface area (Å²) in [5.74, 6) is -1.39. The summed E-state index contributed by atoms with van der Waals surface area (Å²) in [6.45, 7) is 5.56. The lowest BCUT2D eigenvalue weighted by Gasteiger charge is -2.07. The van der Waals surface area contributed by atoms with E-state index in [9.17, 15) is 9.59 Å². The van der Waals surface area contributed by atoms with Gasteiger partial charge in [-0.3, -0.25) is 9.59 Å². The Kier molecular flexibility index (Phi) is 9.83. The zero-order chi connectivity index (χ0) is 13.3. The van der Waals surface area contributed by atoms with Crippen LogP contribution >= 0.6 is 0 Å². The Morgan fingerprint density at radius 2 is 1.56 bits per heavy atom. The third-order valence-corrected chi connectivity index (χ3v) is 1.54. The van der Waals surface area contributed by atoms with E-state index >= 15 is 0 Å². The summed E-state index contributed by atoms with van der Waals surface area (Å²) in [6.07, 6.45) is 0.606. The predicted molar refractivity (Wildman–Crippen MR) is 61.0 cm³/mol. The molecule has 0 aliphatic heterocycles. The highest BCUT2D eigenvalue weighted by molar-refractivity contribution is 5.72. The SMILES string of the molecule is CC(C)C[C@H](N)C(=O)O.CC(N)CC(=O)O. The lowest BCUT2D eigenvalue weighted by molar-refractivity contribution is -0.139. The van der Waals surface area contributed by atoms with Crippen molar-refractivity contribution in [1.82, 2.24) is 0 Å². The topological polar surface area (TPSA) is 127 Å². The van der Waals surface area contributed by atoms with Crippen LogP contribution < -0.4 is 11.5 Å². The van der Waals surface area contributed by atoms with Crippen molar-refractivity contribution >= 4 is 11.9 Å². The van der Waals surface area contributed by atoms with Crippen molar-refractivity contribution in [2.75, 3.05) is 0 Å². The van der Waals surface area contributed by atoms with Crippen molar-refractivity contribution in [3.05, 3.63) is 0 Å². The minimum Gasteiger partial charge on any atom is -0.481 e. The molecule has 0 amide bonds. The van der Waals surface area contributed by atoms with Gasteiger partial charge < -0.3 is 21.7 Å². The summed E-state index contributed by atoms with van der Waals surface area (Å²) in [5, 5.41) is 16.3. The molecule has 16 heavy (non-hydrogen) atoms. The fourth-order valence-corrected chi connectivity index (χ4v) is 0.884. The van der Waals surface area contributed by atoms with Gasteiger partial charge in [0.2, 0.25) is 0 Å². The van der Waals surface area contributed by atoms with Crippen molar-refractivity contribution < 1.29 is 19.8 Å². The Bertz CT molecular complexity index is 217. The van der Waals surface area contributed by atoms with E-state index in [1.165, 1.54) is 0 Å². The molecule has 1 unspecified atom stereocenters. The molecule has 0 aliphatic rings. The van der Waals surface area contributed by atoms with E-state index in [0.29, 0.717) is 12.3 Å². The zero-order valence-electron chi connectivity index (χ0n) is 10.0. The smallest absolute Gasteiger partial charge is 0.320 e. The summed E-state index contributed by atoms with van der Waals surface area (Å²) in [5.41, 5.74) is 10.3. The molecule has 0 aliphatic carbocycles. The monoisotopic (exact) mass is 234 g/mol. The first-order chi connectivity index (χ1) is 7.16. The normalized spacial score (nSPS) is 13.6.